The van der Waals surface area contributed by atoms with Crippen LogP contribution in [0.5, 0.6) is 0 Å². The molecule has 0 atom stereocenters. The van der Waals surface area contributed by atoms with Gasteiger partial charge < -0.3 is 9.47 Å². The lowest BCUT2D eigenvalue weighted by Crippen LogP contribution is -2.05. The Morgan fingerprint density at radius 1 is 1.07 bits per heavy atom. The Labute approximate surface area is 89.3 Å². The van der Waals surface area contributed by atoms with Crippen molar-refractivity contribution in [2.75, 3.05) is 14.2 Å². The van der Waals surface area contributed by atoms with Crippen LogP contribution in [0.15, 0.2) is 35.9 Å². The number of hydrogen-bond acceptors (Lipinski definition) is 3. The van der Waals surface area contributed by atoms with Gasteiger partial charge in [0.05, 0.1) is 19.8 Å². The van der Waals surface area contributed by atoms with Gasteiger partial charge in [0.2, 0.25) is 0 Å². The molecule has 0 radical (unpaired) electrons. The number of benzene rings is 1. The third-order valence-corrected chi connectivity index (χ3v) is 2.07. The molecule has 0 aliphatic heterocycles. The first-order chi connectivity index (χ1) is 7.20. The van der Waals surface area contributed by atoms with Crippen LogP contribution >= 0.6 is 0 Å². The zero-order valence-corrected chi connectivity index (χ0v) is 9.11. The van der Waals surface area contributed by atoms with Crippen LogP contribution < -0.4 is 0 Å². The second kappa shape index (κ2) is 5.20. The molecule has 3 heteroatoms. The topological polar surface area (TPSA) is 35.5 Å². The van der Waals surface area contributed by atoms with Crippen molar-refractivity contribution in [3.8, 4) is 0 Å². The summed E-state index contributed by atoms with van der Waals surface area (Å²) in [6.07, 6.45) is 0. The van der Waals surface area contributed by atoms with Gasteiger partial charge in [-0.25, -0.2) is 4.79 Å². The van der Waals surface area contributed by atoms with Crippen LogP contribution in [0.1, 0.15) is 12.5 Å². The summed E-state index contributed by atoms with van der Waals surface area (Å²) in [4.78, 5) is 11.3. The largest absolute Gasteiger partial charge is 0.496 e. The molecule has 0 saturated carbocycles. The Morgan fingerprint density at radius 2 is 1.67 bits per heavy atom. The molecule has 1 aromatic rings. The van der Waals surface area contributed by atoms with E-state index in [0.29, 0.717) is 11.3 Å². The van der Waals surface area contributed by atoms with Gasteiger partial charge in [-0.2, -0.15) is 0 Å². The summed E-state index contributed by atoms with van der Waals surface area (Å²) in [6, 6.07) is 9.44. The van der Waals surface area contributed by atoms with Crippen molar-refractivity contribution in [1.82, 2.24) is 0 Å². The van der Waals surface area contributed by atoms with Crippen molar-refractivity contribution in [3.63, 3.8) is 0 Å². The number of hydrogen-bond donors (Lipinski definition) is 0. The molecule has 0 aromatic heterocycles. The molecule has 1 aromatic carbocycles. The molecule has 0 bridgehead atoms. The molecular formula is C12H14O3. The number of carbonyl (C=O) groups is 1. The minimum atomic E-state index is -0.379. The fourth-order valence-corrected chi connectivity index (χ4v) is 1.32. The van der Waals surface area contributed by atoms with Gasteiger partial charge in [-0.15, -0.1) is 0 Å². The van der Waals surface area contributed by atoms with Crippen molar-refractivity contribution < 1.29 is 14.3 Å². The van der Waals surface area contributed by atoms with Crippen molar-refractivity contribution in [3.05, 3.63) is 41.5 Å². The summed E-state index contributed by atoms with van der Waals surface area (Å²) in [5.41, 5.74) is 1.33. The summed E-state index contributed by atoms with van der Waals surface area (Å²) >= 11 is 0. The van der Waals surface area contributed by atoms with Gasteiger partial charge in [0.15, 0.2) is 0 Å². The highest BCUT2D eigenvalue weighted by atomic mass is 16.5. The zero-order chi connectivity index (χ0) is 11.3. The maximum atomic E-state index is 11.3. The minimum Gasteiger partial charge on any atom is -0.496 e. The van der Waals surface area contributed by atoms with Gasteiger partial charge in [0.25, 0.3) is 0 Å². The summed E-state index contributed by atoms with van der Waals surface area (Å²) in [7, 11) is 2.89. The van der Waals surface area contributed by atoms with Crippen LogP contribution in [0.4, 0.5) is 0 Å². The first-order valence-corrected chi connectivity index (χ1v) is 4.59. The van der Waals surface area contributed by atoms with Gasteiger partial charge >= 0.3 is 5.97 Å². The predicted octanol–water partition coefficient (Wildman–Crippen LogP) is 2.24. The lowest BCUT2D eigenvalue weighted by molar-refractivity contribution is -0.136. The lowest BCUT2D eigenvalue weighted by atomic mass is 10.1. The minimum absolute atomic E-state index is 0.379. The van der Waals surface area contributed by atoms with Crippen LogP contribution in [0.3, 0.4) is 0 Å². The Kier molecular flexibility index (Phi) is 3.92. The second-order valence-electron chi connectivity index (χ2n) is 3.02. The SMILES string of the molecule is COC(=O)C(C)=C(OC)c1ccccc1. The number of rotatable bonds is 3. The molecule has 0 heterocycles. The summed E-state index contributed by atoms with van der Waals surface area (Å²) in [6.45, 7) is 1.68. The molecule has 0 saturated heterocycles. The van der Waals surface area contributed by atoms with E-state index in [0.717, 1.165) is 5.56 Å². The average molecular weight is 206 g/mol. The molecule has 0 unspecified atom stereocenters. The number of esters is 1. The third-order valence-electron chi connectivity index (χ3n) is 2.07. The highest BCUT2D eigenvalue weighted by Gasteiger charge is 2.12. The molecule has 1 rings (SSSR count). The zero-order valence-electron chi connectivity index (χ0n) is 9.11. The highest BCUT2D eigenvalue weighted by molar-refractivity contribution is 5.95. The van der Waals surface area contributed by atoms with E-state index in [2.05, 4.69) is 4.74 Å². The molecular weight excluding hydrogens is 192 g/mol. The maximum absolute atomic E-state index is 11.3. The molecule has 0 fully saturated rings. The van der Waals surface area contributed by atoms with Gasteiger partial charge in [-0.1, -0.05) is 30.3 Å². The highest BCUT2D eigenvalue weighted by Crippen LogP contribution is 2.19. The van der Waals surface area contributed by atoms with E-state index in [9.17, 15) is 4.79 Å². The predicted molar refractivity (Wildman–Crippen MR) is 58.1 cm³/mol. The quantitative estimate of drug-likeness (QED) is 0.432. The Hall–Kier alpha value is -1.77. The van der Waals surface area contributed by atoms with Crippen molar-refractivity contribution >= 4 is 11.7 Å². The first-order valence-electron chi connectivity index (χ1n) is 4.59. The maximum Gasteiger partial charge on any atom is 0.337 e. The fourth-order valence-electron chi connectivity index (χ4n) is 1.32. The van der Waals surface area contributed by atoms with Crippen molar-refractivity contribution in [2.24, 2.45) is 0 Å². The first kappa shape index (κ1) is 11.3. The smallest absolute Gasteiger partial charge is 0.337 e. The molecule has 80 valence electrons. The van der Waals surface area contributed by atoms with Crippen molar-refractivity contribution in [1.29, 1.82) is 0 Å². The Morgan fingerprint density at radius 3 is 2.13 bits per heavy atom. The van der Waals surface area contributed by atoms with Gasteiger partial charge in [0, 0.05) is 5.56 Å². The second-order valence-corrected chi connectivity index (χ2v) is 3.02. The number of ether oxygens (including phenoxy) is 2. The van der Waals surface area contributed by atoms with Crippen LogP contribution in [0.2, 0.25) is 0 Å². The molecule has 0 spiro atoms. The van der Waals surface area contributed by atoms with E-state index >= 15 is 0 Å². The van der Waals surface area contributed by atoms with Crippen LogP contribution in [0.25, 0.3) is 5.76 Å². The summed E-state index contributed by atoms with van der Waals surface area (Å²) in [5.74, 6) is 0.165. The van der Waals surface area contributed by atoms with E-state index in [1.54, 1.807) is 6.92 Å². The average Bonchev–Trinajstić information content (AvgIpc) is 2.30. The molecule has 0 aliphatic rings. The molecule has 3 nitrogen and oxygen atoms in total. The molecule has 0 N–H and O–H groups in total. The van der Waals surface area contributed by atoms with Gasteiger partial charge in [-0.3, -0.25) is 0 Å². The van der Waals surface area contributed by atoms with E-state index in [4.69, 9.17) is 4.74 Å². The van der Waals surface area contributed by atoms with Gasteiger partial charge in [0.1, 0.15) is 5.76 Å². The van der Waals surface area contributed by atoms with Gasteiger partial charge in [-0.05, 0) is 6.92 Å². The standard InChI is InChI=1S/C12H14O3/c1-9(12(13)15-3)11(14-2)10-7-5-4-6-8-10/h4-8H,1-3H3. The van der Waals surface area contributed by atoms with E-state index in [1.807, 2.05) is 30.3 Å². The van der Waals surface area contributed by atoms with Crippen LogP contribution in [-0.2, 0) is 14.3 Å². The molecule has 0 amide bonds. The van der Waals surface area contributed by atoms with E-state index in [-0.39, 0.29) is 5.97 Å². The lowest BCUT2D eigenvalue weighted by Gasteiger charge is -2.09. The van der Waals surface area contributed by atoms with Crippen LogP contribution in [-0.4, -0.2) is 20.2 Å². The Bertz CT molecular complexity index is 366. The number of carbonyl (C=O) groups excluding carboxylic acids is 1. The normalized spacial score (nSPS) is 11.7. The molecule has 0 aliphatic carbocycles. The Balaban J connectivity index is 3.13. The number of methoxy groups -OCH3 is 2. The summed E-state index contributed by atoms with van der Waals surface area (Å²) < 4.78 is 9.84. The van der Waals surface area contributed by atoms with E-state index in [1.165, 1.54) is 14.2 Å². The van der Waals surface area contributed by atoms with Crippen molar-refractivity contribution in [2.45, 2.75) is 6.92 Å². The third kappa shape index (κ3) is 2.59. The van der Waals surface area contributed by atoms with E-state index < -0.39 is 0 Å². The fraction of sp³-hybridized carbons (Fsp3) is 0.250. The molecule has 15 heavy (non-hydrogen) atoms. The summed E-state index contributed by atoms with van der Waals surface area (Å²) in [5, 5.41) is 0. The van der Waals surface area contributed by atoms with Crippen LogP contribution in [0, 0.1) is 0 Å². The monoisotopic (exact) mass is 206 g/mol.